The van der Waals surface area contributed by atoms with Gasteiger partial charge in [-0.3, -0.25) is 4.79 Å². The first-order valence-corrected chi connectivity index (χ1v) is 8.63. The van der Waals surface area contributed by atoms with Gasteiger partial charge < -0.3 is 9.84 Å². The Bertz CT molecular complexity index is 584. The van der Waals surface area contributed by atoms with Gasteiger partial charge in [-0.2, -0.15) is 0 Å². The molecule has 0 saturated carbocycles. The molecule has 1 N–H and O–H groups in total. The van der Waals surface area contributed by atoms with Gasteiger partial charge in [0.2, 0.25) is 5.91 Å². The number of hydrogen-bond acceptors (Lipinski definition) is 8. The summed E-state index contributed by atoms with van der Waals surface area (Å²) in [5.74, 6) is 1.91. The lowest BCUT2D eigenvalue weighted by Gasteiger charge is -2.07. The van der Waals surface area contributed by atoms with Crippen LogP contribution in [-0.4, -0.2) is 32.3 Å². The third kappa shape index (κ3) is 4.22. The van der Waals surface area contributed by atoms with E-state index in [4.69, 9.17) is 4.52 Å². The molecular formula is C11H14N4O2S3. The first kappa shape index (κ1) is 15.3. The Hall–Kier alpha value is -1.06. The van der Waals surface area contributed by atoms with Crippen LogP contribution in [0.4, 0.5) is 5.82 Å². The number of amides is 1. The van der Waals surface area contributed by atoms with Gasteiger partial charge in [0.1, 0.15) is 5.76 Å². The normalized spacial score (nSPS) is 12.3. The Balaban J connectivity index is 1.89. The van der Waals surface area contributed by atoms with Gasteiger partial charge in [-0.15, -0.1) is 10.2 Å². The molecular weight excluding hydrogens is 316 g/mol. The SMILES string of the molecule is CCSc1nnc(S[C@@H](C)C(=O)Nc2cc(C)on2)s1. The molecule has 20 heavy (non-hydrogen) atoms. The molecule has 108 valence electrons. The van der Waals surface area contributed by atoms with Crippen LogP contribution in [0.5, 0.6) is 0 Å². The van der Waals surface area contributed by atoms with Gasteiger partial charge in [0.05, 0.1) is 5.25 Å². The Kier molecular flexibility index (Phi) is 5.44. The zero-order chi connectivity index (χ0) is 14.5. The average Bonchev–Trinajstić information content (AvgIpc) is 2.99. The van der Waals surface area contributed by atoms with Gasteiger partial charge in [0, 0.05) is 6.07 Å². The molecule has 0 saturated heterocycles. The number of thioether (sulfide) groups is 2. The van der Waals surface area contributed by atoms with Gasteiger partial charge in [-0.25, -0.2) is 0 Å². The van der Waals surface area contributed by atoms with Crippen molar-refractivity contribution in [3.8, 4) is 0 Å². The number of carbonyl (C=O) groups excluding carboxylic acids is 1. The largest absolute Gasteiger partial charge is 0.360 e. The highest BCUT2D eigenvalue weighted by Crippen LogP contribution is 2.31. The second-order valence-electron chi connectivity index (χ2n) is 3.84. The van der Waals surface area contributed by atoms with Gasteiger partial charge in [0.15, 0.2) is 14.5 Å². The first-order valence-electron chi connectivity index (χ1n) is 5.95. The van der Waals surface area contributed by atoms with Gasteiger partial charge >= 0.3 is 0 Å². The van der Waals surface area contributed by atoms with Crippen molar-refractivity contribution in [2.24, 2.45) is 0 Å². The summed E-state index contributed by atoms with van der Waals surface area (Å²) in [6, 6.07) is 1.68. The van der Waals surface area contributed by atoms with Crippen LogP contribution < -0.4 is 5.32 Å². The lowest BCUT2D eigenvalue weighted by atomic mass is 10.4. The molecule has 0 bridgehead atoms. The number of nitrogens with one attached hydrogen (secondary N) is 1. The van der Waals surface area contributed by atoms with E-state index < -0.39 is 0 Å². The van der Waals surface area contributed by atoms with Crippen molar-refractivity contribution < 1.29 is 9.32 Å². The number of aromatic nitrogens is 3. The molecule has 0 spiro atoms. The zero-order valence-electron chi connectivity index (χ0n) is 11.2. The number of aryl methyl sites for hydroxylation is 1. The minimum absolute atomic E-state index is 0.136. The maximum atomic E-state index is 12.0. The molecule has 0 fully saturated rings. The van der Waals surface area contributed by atoms with E-state index in [0.29, 0.717) is 11.6 Å². The molecule has 0 radical (unpaired) electrons. The quantitative estimate of drug-likeness (QED) is 0.815. The van der Waals surface area contributed by atoms with E-state index in [9.17, 15) is 4.79 Å². The van der Waals surface area contributed by atoms with Gasteiger partial charge in [0.25, 0.3) is 0 Å². The van der Waals surface area contributed by atoms with Crippen LogP contribution in [0.2, 0.25) is 0 Å². The molecule has 1 atom stereocenters. The van der Waals surface area contributed by atoms with Crippen molar-refractivity contribution in [2.45, 2.75) is 34.7 Å². The monoisotopic (exact) mass is 330 g/mol. The third-order valence-electron chi connectivity index (χ3n) is 2.18. The number of anilines is 1. The second kappa shape index (κ2) is 7.09. The van der Waals surface area contributed by atoms with Crippen LogP contribution in [0.25, 0.3) is 0 Å². The zero-order valence-corrected chi connectivity index (χ0v) is 13.7. The molecule has 0 unspecified atom stereocenters. The van der Waals surface area contributed by atoms with Gasteiger partial charge in [-0.05, 0) is 19.6 Å². The minimum atomic E-state index is -0.278. The van der Waals surface area contributed by atoms with Crippen LogP contribution in [-0.2, 0) is 4.79 Å². The van der Waals surface area contributed by atoms with Crippen molar-refractivity contribution >= 4 is 46.6 Å². The van der Waals surface area contributed by atoms with Crippen molar-refractivity contribution in [3.05, 3.63) is 11.8 Å². The number of hydrogen-bond donors (Lipinski definition) is 1. The summed E-state index contributed by atoms with van der Waals surface area (Å²) in [5, 5.41) is 14.3. The summed E-state index contributed by atoms with van der Waals surface area (Å²) in [6.07, 6.45) is 0. The predicted molar refractivity (Wildman–Crippen MR) is 81.5 cm³/mol. The Morgan fingerprint density at radius 3 is 2.90 bits per heavy atom. The maximum absolute atomic E-state index is 12.0. The van der Waals surface area contributed by atoms with Crippen molar-refractivity contribution in [1.29, 1.82) is 0 Å². The standard InChI is InChI=1S/C11H14N4O2S3/c1-4-18-10-13-14-11(20-10)19-7(3)9(16)12-8-5-6(2)17-15-8/h5,7H,4H2,1-3H3,(H,12,15,16)/t7-/m0/s1. The highest BCUT2D eigenvalue weighted by molar-refractivity contribution is 8.03. The molecule has 0 aromatic carbocycles. The number of carbonyl (C=O) groups is 1. The van der Waals surface area contributed by atoms with Gasteiger partial charge in [-0.1, -0.05) is 46.9 Å². The Labute approximate surface area is 129 Å². The molecule has 9 heteroatoms. The highest BCUT2D eigenvalue weighted by atomic mass is 32.2. The summed E-state index contributed by atoms with van der Waals surface area (Å²) < 4.78 is 6.62. The first-order chi connectivity index (χ1) is 9.58. The summed E-state index contributed by atoms with van der Waals surface area (Å²) in [5.41, 5.74) is 0. The van der Waals surface area contributed by atoms with Crippen LogP contribution in [0, 0.1) is 6.92 Å². The van der Waals surface area contributed by atoms with E-state index in [0.717, 1.165) is 14.4 Å². The average molecular weight is 330 g/mol. The molecule has 2 aromatic heterocycles. The highest BCUT2D eigenvalue weighted by Gasteiger charge is 2.18. The molecule has 6 nitrogen and oxygen atoms in total. The fraction of sp³-hybridized carbons (Fsp3) is 0.455. The Morgan fingerprint density at radius 2 is 2.25 bits per heavy atom. The summed E-state index contributed by atoms with van der Waals surface area (Å²) in [4.78, 5) is 12.0. The van der Waals surface area contributed by atoms with E-state index in [1.54, 1.807) is 24.8 Å². The molecule has 0 aliphatic carbocycles. The second-order valence-corrected chi connectivity index (χ2v) is 7.92. The van der Waals surface area contributed by atoms with Crippen LogP contribution >= 0.6 is 34.9 Å². The number of rotatable bonds is 6. The molecule has 2 heterocycles. The molecule has 2 rings (SSSR count). The van der Waals surface area contributed by atoms with E-state index in [-0.39, 0.29) is 11.2 Å². The summed E-state index contributed by atoms with van der Waals surface area (Å²) in [7, 11) is 0. The topological polar surface area (TPSA) is 80.9 Å². The summed E-state index contributed by atoms with van der Waals surface area (Å²) >= 11 is 4.53. The number of nitrogens with zero attached hydrogens (tertiary/aromatic N) is 3. The fourth-order valence-electron chi connectivity index (χ4n) is 1.28. The fourth-order valence-corrected chi connectivity index (χ4v) is 4.35. The van der Waals surface area contributed by atoms with Crippen LogP contribution in [0.15, 0.2) is 19.3 Å². The molecule has 2 aromatic rings. The maximum Gasteiger partial charge on any atom is 0.238 e. The minimum Gasteiger partial charge on any atom is -0.360 e. The van der Waals surface area contributed by atoms with E-state index in [1.807, 2.05) is 6.92 Å². The smallest absolute Gasteiger partial charge is 0.238 e. The van der Waals surface area contributed by atoms with Crippen LogP contribution in [0.1, 0.15) is 19.6 Å². The third-order valence-corrected chi connectivity index (χ3v) is 5.30. The predicted octanol–water partition coefficient (Wildman–Crippen LogP) is 3.07. The van der Waals surface area contributed by atoms with E-state index in [1.165, 1.54) is 23.1 Å². The van der Waals surface area contributed by atoms with Crippen LogP contribution in [0.3, 0.4) is 0 Å². The lowest BCUT2D eigenvalue weighted by molar-refractivity contribution is -0.115. The van der Waals surface area contributed by atoms with Crippen molar-refractivity contribution in [3.63, 3.8) is 0 Å². The Morgan fingerprint density at radius 1 is 1.50 bits per heavy atom. The lowest BCUT2D eigenvalue weighted by Crippen LogP contribution is -2.22. The van der Waals surface area contributed by atoms with Crippen molar-refractivity contribution in [2.75, 3.05) is 11.1 Å². The molecule has 0 aliphatic heterocycles. The van der Waals surface area contributed by atoms with E-state index >= 15 is 0 Å². The molecule has 1 amide bonds. The van der Waals surface area contributed by atoms with E-state index in [2.05, 4.69) is 27.6 Å². The van der Waals surface area contributed by atoms with Crippen molar-refractivity contribution in [1.82, 2.24) is 15.4 Å². The summed E-state index contributed by atoms with van der Waals surface area (Å²) in [6.45, 7) is 5.66. The molecule has 0 aliphatic rings.